The quantitative estimate of drug-likeness (QED) is 0.524. The van der Waals surface area contributed by atoms with Crippen LogP contribution in [0.15, 0.2) is 4.58 Å². The van der Waals surface area contributed by atoms with Gasteiger partial charge < -0.3 is 15.3 Å². The molecule has 2 amide bonds. The zero-order chi connectivity index (χ0) is 14.4. The molecule has 106 valence electrons. The van der Waals surface area contributed by atoms with Crippen LogP contribution in [0, 0.1) is 4.91 Å². The van der Waals surface area contributed by atoms with Crippen molar-refractivity contribution in [2.45, 2.75) is 31.8 Å². The van der Waals surface area contributed by atoms with Gasteiger partial charge in [0.05, 0.1) is 0 Å². The van der Waals surface area contributed by atoms with Gasteiger partial charge in [-0.05, 0) is 12.8 Å². The summed E-state index contributed by atoms with van der Waals surface area (Å²) in [6, 6.07) is -1.79. The Bertz CT molecular complexity index is 389. The summed E-state index contributed by atoms with van der Waals surface area (Å²) in [6.45, 7) is 1.59. The Labute approximate surface area is 114 Å². The molecule has 0 saturated carbocycles. The lowest BCUT2D eigenvalue weighted by Crippen LogP contribution is -2.52. The van der Waals surface area contributed by atoms with Crippen LogP contribution in [0.5, 0.6) is 0 Å². The van der Waals surface area contributed by atoms with Crippen LogP contribution in [0.1, 0.15) is 19.8 Å². The minimum absolute atomic E-state index is 0.00917. The molecule has 0 aliphatic carbocycles. The highest BCUT2D eigenvalue weighted by Gasteiger charge is 2.37. The Hall–Kier alpha value is -1.64. The minimum Gasteiger partial charge on any atom is -0.480 e. The molecule has 1 fully saturated rings. The monoisotopic (exact) mass is 289 g/mol. The third kappa shape index (κ3) is 4.19. The number of nitrogens with one attached hydrogen (secondary N) is 1. The number of nitroso groups, excluding NO2 is 1. The number of aliphatic carboxylic acids is 1. The number of hydrogen-bond acceptors (Lipinski definition) is 6. The number of carboxylic acids is 1. The van der Waals surface area contributed by atoms with E-state index < -0.39 is 29.9 Å². The molecule has 0 bridgehead atoms. The van der Waals surface area contributed by atoms with Gasteiger partial charge in [0.2, 0.25) is 11.8 Å². The second-order valence-electron chi connectivity index (χ2n) is 4.15. The maximum absolute atomic E-state index is 12.2. The minimum atomic E-state index is -1.06. The number of amides is 2. The number of rotatable bonds is 6. The average Bonchev–Trinajstić information content (AvgIpc) is 2.82. The summed E-state index contributed by atoms with van der Waals surface area (Å²) in [6.07, 6.45) is 1.00. The highest BCUT2D eigenvalue weighted by Crippen LogP contribution is 2.19. The first-order chi connectivity index (χ1) is 8.97. The standard InChI is InChI=1S/C10H15N3O5S/c1-6(14)11-7(5-19-12-18)9(15)13-4-2-3-8(13)10(16)17/h7-8H,2-5H2,1H3,(H,11,14)(H,16,17)/t7-,8+/m1/s1. The van der Waals surface area contributed by atoms with E-state index in [9.17, 15) is 19.3 Å². The van der Waals surface area contributed by atoms with Gasteiger partial charge in [0.1, 0.15) is 12.1 Å². The van der Waals surface area contributed by atoms with Gasteiger partial charge in [-0.2, -0.15) is 0 Å². The summed E-state index contributed by atoms with van der Waals surface area (Å²) in [5.74, 6) is -1.98. The highest BCUT2D eigenvalue weighted by molar-refractivity contribution is 7.97. The molecule has 1 aliphatic rings. The molecular formula is C10H15N3O5S. The first-order valence-corrected chi connectivity index (χ1v) is 6.66. The van der Waals surface area contributed by atoms with E-state index in [0.29, 0.717) is 31.3 Å². The zero-order valence-electron chi connectivity index (χ0n) is 10.4. The van der Waals surface area contributed by atoms with Crippen LogP contribution in [-0.4, -0.2) is 52.2 Å². The van der Waals surface area contributed by atoms with Crippen LogP contribution in [0.25, 0.3) is 0 Å². The molecule has 19 heavy (non-hydrogen) atoms. The zero-order valence-corrected chi connectivity index (χ0v) is 11.2. The maximum atomic E-state index is 12.2. The van der Waals surface area contributed by atoms with Crippen molar-refractivity contribution in [1.29, 1.82) is 0 Å². The van der Waals surface area contributed by atoms with Gasteiger partial charge in [-0.15, -0.1) is 4.91 Å². The third-order valence-corrected chi connectivity index (χ3v) is 3.38. The second kappa shape index (κ2) is 7.07. The number of likely N-dealkylation sites (tertiary alicyclic amines) is 1. The number of nitrogens with zero attached hydrogens (tertiary/aromatic N) is 2. The van der Waals surface area contributed by atoms with E-state index in [1.165, 1.54) is 11.8 Å². The molecule has 0 aromatic rings. The number of carbonyl (C=O) groups is 3. The Kier molecular flexibility index (Phi) is 5.74. The first kappa shape index (κ1) is 15.4. The fraction of sp³-hybridized carbons (Fsp3) is 0.700. The van der Waals surface area contributed by atoms with Crippen LogP contribution in [0.3, 0.4) is 0 Å². The molecule has 1 heterocycles. The first-order valence-electron chi connectivity index (χ1n) is 5.72. The van der Waals surface area contributed by atoms with E-state index in [0.717, 1.165) is 0 Å². The van der Waals surface area contributed by atoms with E-state index in [1.807, 2.05) is 0 Å². The molecule has 0 spiro atoms. The molecule has 2 atom stereocenters. The summed E-state index contributed by atoms with van der Waals surface area (Å²) in [5.41, 5.74) is 0. The molecule has 2 N–H and O–H groups in total. The lowest BCUT2D eigenvalue weighted by Gasteiger charge is -2.26. The van der Waals surface area contributed by atoms with Crippen molar-refractivity contribution >= 4 is 29.7 Å². The van der Waals surface area contributed by atoms with Gasteiger partial charge in [0, 0.05) is 35.8 Å². The molecular weight excluding hydrogens is 274 g/mol. The fourth-order valence-electron chi connectivity index (χ4n) is 2.01. The van der Waals surface area contributed by atoms with Gasteiger partial charge >= 0.3 is 5.97 Å². The Balaban J connectivity index is 2.76. The molecule has 1 aliphatic heterocycles. The molecule has 0 aromatic carbocycles. The average molecular weight is 289 g/mol. The summed E-state index contributed by atoms with van der Waals surface area (Å²) in [5, 5.41) is 11.4. The van der Waals surface area contributed by atoms with E-state index in [4.69, 9.17) is 5.11 Å². The maximum Gasteiger partial charge on any atom is 0.326 e. The van der Waals surface area contributed by atoms with Crippen molar-refractivity contribution < 1.29 is 19.5 Å². The lowest BCUT2D eigenvalue weighted by atomic mass is 10.2. The van der Waals surface area contributed by atoms with Crippen molar-refractivity contribution in [3.05, 3.63) is 4.91 Å². The van der Waals surface area contributed by atoms with E-state index in [-0.39, 0.29) is 5.75 Å². The van der Waals surface area contributed by atoms with Crippen molar-refractivity contribution in [1.82, 2.24) is 10.2 Å². The predicted octanol–water partition coefficient (Wildman–Crippen LogP) is -0.0187. The van der Waals surface area contributed by atoms with Gasteiger partial charge in [0.25, 0.3) is 0 Å². The smallest absolute Gasteiger partial charge is 0.326 e. The largest absolute Gasteiger partial charge is 0.480 e. The molecule has 8 nitrogen and oxygen atoms in total. The normalized spacial score (nSPS) is 19.8. The molecule has 1 rings (SSSR count). The topological polar surface area (TPSA) is 116 Å². The van der Waals surface area contributed by atoms with Crippen LogP contribution in [0.2, 0.25) is 0 Å². The van der Waals surface area contributed by atoms with Crippen LogP contribution < -0.4 is 5.32 Å². The summed E-state index contributed by atoms with van der Waals surface area (Å²) >= 11 is 0.615. The SMILES string of the molecule is CC(=O)N[C@H](CSN=O)C(=O)N1CCC[C@H]1C(=O)O. The van der Waals surface area contributed by atoms with Gasteiger partial charge in [-0.3, -0.25) is 9.59 Å². The molecule has 1 saturated heterocycles. The Morgan fingerprint density at radius 3 is 2.74 bits per heavy atom. The Morgan fingerprint density at radius 1 is 1.53 bits per heavy atom. The second-order valence-corrected chi connectivity index (χ2v) is 4.89. The number of carboxylic acid groups (broad SMARTS) is 1. The Morgan fingerprint density at radius 2 is 2.21 bits per heavy atom. The summed E-state index contributed by atoms with van der Waals surface area (Å²) < 4.78 is 2.57. The predicted molar refractivity (Wildman–Crippen MR) is 68.2 cm³/mol. The number of carbonyl (C=O) groups excluding carboxylic acids is 2. The third-order valence-electron chi connectivity index (χ3n) is 2.79. The van der Waals surface area contributed by atoms with Gasteiger partial charge in [0.15, 0.2) is 0 Å². The van der Waals surface area contributed by atoms with Crippen LogP contribution in [-0.2, 0) is 14.4 Å². The van der Waals surface area contributed by atoms with Crippen molar-refractivity contribution in [2.75, 3.05) is 12.3 Å². The van der Waals surface area contributed by atoms with Crippen molar-refractivity contribution in [3.63, 3.8) is 0 Å². The molecule has 0 radical (unpaired) electrons. The van der Waals surface area contributed by atoms with Gasteiger partial charge in [-0.25, -0.2) is 4.79 Å². The molecule has 9 heteroatoms. The lowest BCUT2D eigenvalue weighted by molar-refractivity contribution is -0.149. The van der Waals surface area contributed by atoms with Crippen LogP contribution in [0.4, 0.5) is 0 Å². The number of hydrogen-bond donors (Lipinski definition) is 2. The van der Waals surface area contributed by atoms with Crippen LogP contribution >= 0.6 is 11.9 Å². The molecule has 0 aromatic heterocycles. The molecule has 0 unspecified atom stereocenters. The van der Waals surface area contributed by atoms with E-state index in [2.05, 4.69) is 9.90 Å². The van der Waals surface area contributed by atoms with Gasteiger partial charge in [-0.1, -0.05) is 0 Å². The van der Waals surface area contributed by atoms with E-state index >= 15 is 0 Å². The van der Waals surface area contributed by atoms with Crippen molar-refractivity contribution in [2.24, 2.45) is 4.58 Å². The van der Waals surface area contributed by atoms with Crippen molar-refractivity contribution in [3.8, 4) is 0 Å². The van der Waals surface area contributed by atoms with E-state index in [1.54, 1.807) is 0 Å². The highest BCUT2D eigenvalue weighted by atomic mass is 32.2. The fourth-order valence-corrected chi connectivity index (χ4v) is 2.45. The summed E-state index contributed by atoms with van der Waals surface area (Å²) in [4.78, 5) is 45.6. The summed E-state index contributed by atoms with van der Waals surface area (Å²) in [7, 11) is 0.